The highest BCUT2D eigenvalue weighted by molar-refractivity contribution is 7.89. The highest BCUT2D eigenvalue weighted by Crippen LogP contribution is 2.65. The van der Waals surface area contributed by atoms with Crippen LogP contribution in [0.15, 0.2) is 77.7 Å². The Labute approximate surface area is 189 Å². The minimum Gasteiger partial charge on any atom is -0.274 e. The first-order valence-electron chi connectivity index (χ1n) is 10.1. The molecule has 0 aromatic heterocycles. The number of anilines is 1. The standard InChI is InChI=1S/C24H17ClN2O4S/c25-24-17-7-3-1-5-15(17)19(16-6-2-4-8-18(16)24)20-21(24)23(29)27(22(20)28)13-9-11-14(12-10-13)32(26,30)31/h1-12,19-21H,(H2,26,30,31)/t19?,20-,21+,24?/m0/s1. The van der Waals surface area contributed by atoms with Crippen LogP contribution in [0.5, 0.6) is 0 Å². The van der Waals surface area contributed by atoms with E-state index in [0.717, 1.165) is 27.2 Å². The van der Waals surface area contributed by atoms with Gasteiger partial charge in [-0.15, -0.1) is 11.6 Å². The maximum atomic E-state index is 13.7. The number of benzene rings is 3. The number of sulfonamides is 1. The van der Waals surface area contributed by atoms with E-state index in [1.54, 1.807) is 0 Å². The predicted octanol–water partition coefficient (Wildman–Crippen LogP) is 3.08. The number of hydrogen-bond acceptors (Lipinski definition) is 4. The first-order chi connectivity index (χ1) is 15.2. The van der Waals surface area contributed by atoms with Crippen LogP contribution in [0, 0.1) is 11.8 Å². The Hall–Kier alpha value is -3.00. The Kier molecular flexibility index (Phi) is 3.86. The second-order valence-corrected chi connectivity index (χ2v) is 10.6. The maximum absolute atomic E-state index is 13.7. The molecule has 2 N–H and O–H groups in total. The molecule has 1 fully saturated rings. The largest absolute Gasteiger partial charge is 0.274 e. The van der Waals surface area contributed by atoms with Crippen LogP contribution < -0.4 is 10.0 Å². The van der Waals surface area contributed by atoms with Gasteiger partial charge < -0.3 is 0 Å². The van der Waals surface area contributed by atoms with Crippen molar-refractivity contribution in [3.63, 3.8) is 0 Å². The minimum atomic E-state index is -3.89. The summed E-state index contributed by atoms with van der Waals surface area (Å²) in [6.45, 7) is 0. The summed E-state index contributed by atoms with van der Waals surface area (Å²) in [5, 5.41) is 5.18. The molecule has 2 bridgehead atoms. The van der Waals surface area contributed by atoms with Gasteiger partial charge in [-0.05, 0) is 46.5 Å². The average molecular weight is 465 g/mol. The summed E-state index contributed by atoms with van der Waals surface area (Å²) in [6, 6.07) is 20.9. The number of carbonyl (C=O) groups is 2. The lowest BCUT2D eigenvalue weighted by atomic mass is 9.54. The third kappa shape index (κ3) is 2.30. The van der Waals surface area contributed by atoms with Crippen LogP contribution in [0.25, 0.3) is 0 Å². The van der Waals surface area contributed by atoms with E-state index >= 15 is 0 Å². The van der Waals surface area contributed by atoms with Gasteiger partial charge in [0.1, 0.15) is 4.87 Å². The molecule has 3 aromatic rings. The molecule has 1 aliphatic heterocycles. The minimum absolute atomic E-state index is 0.0912. The van der Waals surface area contributed by atoms with Gasteiger partial charge in [-0.25, -0.2) is 18.5 Å². The number of amides is 2. The molecule has 0 spiro atoms. The Morgan fingerprint density at radius 2 is 1.34 bits per heavy atom. The number of hydrogen-bond donors (Lipinski definition) is 1. The molecule has 4 aliphatic rings. The van der Waals surface area contributed by atoms with Crippen molar-refractivity contribution in [3.8, 4) is 0 Å². The van der Waals surface area contributed by atoms with Gasteiger partial charge in [0.2, 0.25) is 21.8 Å². The molecule has 0 saturated carbocycles. The summed E-state index contributed by atoms with van der Waals surface area (Å²) in [6.07, 6.45) is 0. The summed E-state index contributed by atoms with van der Waals surface area (Å²) < 4.78 is 23.2. The number of halogens is 1. The molecule has 7 rings (SSSR count). The van der Waals surface area contributed by atoms with Crippen molar-refractivity contribution < 1.29 is 18.0 Å². The molecule has 8 heteroatoms. The molecular weight excluding hydrogens is 448 g/mol. The van der Waals surface area contributed by atoms with Gasteiger partial charge in [-0.2, -0.15) is 0 Å². The van der Waals surface area contributed by atoms with Gasteiger partial charge in [-0.1, -0.05) is 48.5 Å². The second-order valence-electron chi connectivity index (χ2n) is 8.42. The number of primary sulfonamides is 1. The molecular formula is C24H17ClN2O4S. The molecule has 2 amide bonds. The Bertz CT molecular complexity index is 1390. The lowest BCUT2D eigenvalue weighted by Gasteiger charge is -2.50. The van der Waals surface area contributed by atoms with E-state index in [0.29, 0.717) is 5.69 Å². The number of nitrogens with zero attached hydrogens (tertiary/aromatic N) is 1. The lowest BCUT2D eigenvalue weighted by Crippen LogP contribution is -2.50. The highest BCUT2D eigenvalue weighted by atomic mass is 35.5. The van der Waals surface area contributed by atoms with E-state index < -0.39 is 26.7 Å². The predicted molar refractivity (Wildman–Crippen MR) is 119 cm³/mol. The van der Waals surface area contributed by atoms with Crippen LogP contribution in [-0.2, 0) is 24.5 Å². The summed E-state index contributed by atoms with van der Waals surface area (Å²) >= 11 is 7.36. The van der Waals surface area contributed by atoms with Gasteiger partial charge in [-0.3, -0.25) is 9.59 Å². The first kappa shape index (κ1) is 19.7. The molecule has 3 aromatic carbocycles. The van der Waals surface area contributed by atoms with E-state index in [2.05, 4.69) is 0 Å². The maximum Gasteiger partial charge on any atom is 0.240 e. The van der Waals surface area contributed by atoms with Crippen LogP contribution in [0.3, 0.4) is 0 Å². The zero-order valence-electron chi connectivity index (χ0n) is 16.6. The number of alkyl halides is 1. The fourth-order valence-corrected chi connectivity index (χ4v) is 6.81. The summed E-state index contributed by atoms with van der Waals surface area (Å²) in [5.41, 5.74) is 3.96. The summed E-state index contributed by atoms with van der Waals surface area (Å²) in [4.78, 5) is 27.3. The Balaban J connectivity index is 1.54. The molecule has 2 atom stereocenters. The van der Waals surface area contributed by atoms with Crippen molar-refractivity contribution in [2.24, 2.45) is 17.0 Å². The van der Waals surface area contributed by atoms with Crippen molar-refractivity contribution >= 4 is 39.1 Å². The van der Waals surface area contributed by atoms with Gasteiger partial charge in [0, 0.05) is 5.92 Å². The Morgan fingerprint density at radius 3 is 1.88 bits per heavy atom. The fourth-order valence-electron chi connectivity index (χ4n) is 5.72. The normalized spacial score (nSPS) is 27.8. The van der Waals surface area contributed by atoms with Crippen LogP contribution in [-0.4, -0.2) is 20.2 Å². The van der Waals surface area contributed by atoms with Crippen LogP contribution in [0.2, 0.25) is 0 Å². The molecule has 32 heavy (non-hydrogen) atoms. The number of carbonyl (C=O) groups excluding carboxylic acids is 2. The summed E-state index contributed by atoms with van der Waals surface area (Å²) in [5.74, 6) is -2.39. The molecule has 1 heterocycles. The van der Waals surface area contributed by atoms with Gasteiger partial charge >= 0.3 is 0 Å². The fraction of sp³-hybridized carbons (Fsp3) is 0.167. The van der Waals surface area contributed by atoms with E-state index in [-0.39, 0.29) is 22.6 Å². The lowest BCUT2D eigenvalue weighted by molar-refractivity contribution is -0.122. The Morgan fingerprint density at radius 1 is 0.812 bits per heavy atom. The smallest absolute Gasteiger partial charge is 0.240 e. The van der Waals surface area contributed by atoms with Crippen molar-refractivity contribution in [1.82, 2.24) is 0 Å². The zero-order valence-corrected chi connectivity index (χ0v) is 18.2. The monoisotopic (exact) mass is 464 g/mol. The molecule has 3 aliphatic carbocycles. The van der Waals surface area contributed by atoms with Crippen molar-refractivity contribution in [1.29, 1.82) is 0 Å². The van der Waals surface area contributed by atoms with E-state index in [9.17, 15) is 18.0 Å². The number of rotatable bonds is 2. The first-order valence-corrected chi connectivity index (χ1v) is 12.1. The molecule has 0 unspecified atom stereocenters. The third-order valence-electron chi connectivity index (χ3n) is 6.94. The highest BCUT2D eigenvalue weighted by Gasteiger charge is 2.67. The number of imide groups is 1. The average Bonchev–Trinajstić information content (AvgIpc) is 3.05. The SMILES string of the molecule is NS(=O)(=O)c1ccc(N2C(=O)[C@H]3C4c5ccccc5C(Cl)(c5ccccc54)[C@H]3C2=O)cc1. The molecule has 0 radical (unpaired) electrons. The quantitative estimate of drug-likeness (QED) is 0.465. The van der Waals surface area contributed by atoms with E-state index in [1.165, 1.54) is 24.3 Å². The van der Waals surface area contributed by atoms with Crippen LogP contribution in [0.1, 0.15) is 28.2 Å². The zero-order chi connectivity index (χ0) is 22.4. The van der Waals surface area contributed by atoms with Gasteiger partial charge in [0.05, 0.1) is 22.4 Å². The number of nitrogens with two attached hydrogens (primary N) is 1. The van der Waals surface area contributed by atoms with Crippen molar-refractivity contribution in [2.75, 3.05) is 4.90 Å². The van der Waals surface area contributed by atoms with Gasteiger partial charge in [0.15, 0.2) is 0 Å². The third-order valence-corrected chi connectivity index (χ3v) is 8.51. The van der Waals surface area contributed by atoms with Crippen LogP contribution in [0.4, 0.5) is 5.69 Å². The van der Waals surface area contributed by atoms with Crippen molar-refractivity contribution in [3.05, 3.63) is 95.1 Å². The van der Waals surface area contributed by atoms with E-state index in [4.69, 9.17) is 16.7 Å². The van der Waals surface area contributed by atoms with Crippen molar-refractivity contribution in [2.45, 2.75) is 15.7 Å². The topological polar surface area (TPSA) is 97.5 Å². The summed E-state index contributed by atoms with van der Waals surface area (Å²) in [7, 11) is -3.89. The molecule has 6 nitrogen and oxygen atoms in total. The van der Waals surface area contributed by atoms with Gasteiger partial charge in [0.25, 0.3) is 0 Å². The molecule has 160 valence electrons. The van der Waals surface area contributed by atoms with Crippen LogP contribution >= 0.6 is 11.6 Å². The van der Waals surface area contributed by atoms with E-state index in [1.807, 2.05) is 48.5 Å². The molecule has 1 saturated heterocycles. The second kappa shape index (κ2) is 6.28.